The molecule has 32 heavy (non-hydrogen) atoms. The third kappa shape index (κ3) is 4.12. The molecule has 1 fully saturated rings. The zero-order valence-electron chi connectivity index (χ0n) is 18.6. The van der Waals surface area contributed by atoms with Crippen molar-refractivity contribution in [3.05, 3.63) is 65.1 Å². The number of rotatable bonds is 4. The van der Waals surface area contributed by atoms with Crippen LogP contribution in [0.4, 0.5) is 10.1 Å². The van der Waals surface area contributed by atoms with E-state index >= 15 is 0 Å². The minimum absolute atomic E-state index is 0.00180. The van der Waals surface area contributed by atoms with Crippen molar-refractivity contribution in [2.24, 2.45) is 11.8 Å². The third-order valence-electron chi connectivity index (χ3n) is 6.07. The van der Waals surface area contributed by atoms with E-state index < -0.39 is 0 Å². The molecule has 4 rings (SSSR count). The molecule has 3 aromatic rings. The number of aromatic nitrogens is 3. The predicted octanol–water partition coefficient (Wildman–Crippen LogP) is 3.88. The summed E-state index contributed by atoms with van der Waals surface area (Å²) < 4.78 is 13.5. The fourth-order valence-corrected chi connectivity index (χ4v) is 4.25. The number of carbonyl (C=O) groups excluding carboxylic acids is 2. The number of nitrogens with one attached hydrogen (secondary N) is 2. The minimum Gasteiger partial charge on any atom is -0.350 e. The van der Waals surface area contributed by atoms with E-state index in [0.717, 1.165) is 22.6 Å². The monoisotopic (exact) mass is 435 g/mol. The molecule has 0 unspecified atom stereocenters. The summed E-state index contributed by atoms with van der Waals surface area (Å²) in [5, 5.41) is 2.85. The van der Waals surface area contributed by atoms with Crippen LogP contribution in [0.2, 0.25) is 0 Å². The highest BCUT2D eigenvalue weighted by Crippen LogP contribution is 2.28. The van der Waals surface area contributed by atoms with Crippen molar-refractivity contribution in [1.82, 2.24) is 19.9 Å². The molecule has 0 saturated carbocycles. The maximum absolute atomic E-state index is 13.5. The molecule has 0 bridgehead atoms. The van der Waals surface area contributed by atoms with E-state index in [1.165, 1.54) is 12.4 Å². The number of likely N-dealkylation sites (tertiary alicyclic amines) is 1. The summed E-state index contributed by atoms with van der Waals surface area (Å²) in [6.07, 6.45) is 1.52. The lowest BCUT2D eigenvalue weighted by Gasteiger charge is -2.16. The molecule has 2 aromatic heterocycles. The summed E-state index contributed by atoms with van der Waals surface area (Å²) in [6.45, 7) is 8.23. The molecule has 1 saturated heterocycles. The van der Waals surface area contributed by atoms with Gasteiger partial charge in [-0.05, 0) is 62.6 Å². The van der Waals surface area contributed by atoms with Crippen LogP contribution in [0.1, 0.15) is 34.4 Å². The molecule has 2 amide bonds. The molecule has 8 heteroatoms. The molecule has 166 valence electrons. The molecule has 0 spiro atoms. The van der Waals surface area contributed by atoms with Crippen LogP contribution in [0.15, 0.2) is 36.7 Å². The molecule has 0 aliphatic carbocycles. The van der Waals surface area contributed by atoms with Crippen LogP contribution in [0, 0.1) is 38.4 Å². The summed E-state index contributed by atoms with van der Waals surface area (Å²) >= 11 is 0. The minimum atomic E-state index is -0.342. The van der Waals surface area contributed by atoms with Crippen molar-refractivity contribution >= 4 is 17.5 Å². The average Bonchev–Trinajstić information content (AvgIpc) is 3.37. The van der Waals surface area contributed by atoms with E-state index in [0.29, 0.717) is 30.0 Å². The van der Waals surface area contributed by atoms with Gasteiger partial charge in [0.25, 0.3) is 5.91 Å². The Labute approximate surface area is 186 Å². The van der Waals surface area contributed by atoms with Gasteiger partial charge in [0.05, 0.1) is 17.3 Å². The fraction of sp³-hybridized carbons (Fsp3) is 0.333. The quantitative estimate of drug-likeness (QED) is 0.651. The maximum atomic E-state index is 13.5. The Morgan fingerprint density at radius 3 is 2.50 bits per heavy atom. The van der Waals surface area contributed by atoms with Crippen LogP contribution in [0.25, 0.3) is 11.3 Å². The Hall–Kier alpha value is -3.55. The van der Waals surface area contributed by atoms with Crippen molar-refractivity contribution in [1.29, 1.82) is 0 Å². The SMILES string of the molecule is Cc1cc(NC(=O)[C@@H]2CN(C(=O)c3ccc(-c4c(C)ncnc4C)[nH]3)C[C@@H]2C)ccc1F. The highest BCUT2D eigenvalue weighted by atomic mass is 19.1. The number of hydrogen-bond donors (Lipinski definition) is 2. The van der Waals surface area contributed by atoms with Crippen molar-refractivity contribution in [3.63, 3.8) is 0 Å². The lowest BCUT2D eigenvalue weighted by atomic mass is 9.97. The lowest BCUT2D eigenvalue weighted by molar-refractivity contribution is -0.120. The van der Waals surface area contributed by atoms with Gasteiger partial charge < -0.3 is 15.2 Å². The van der Waals surface area contributed by atoms with E-state index in [9.17, 15) is 14.0 Å². The fourth-order valence-electron chi connectivity index (χ4n) is 4.25. The van der Waals surface area contributed by atoms with Crippen LogP contribution in [0.5, 0.6) is 0 Å². The second-order valence-corrected chi connectivity index (χ2v) is 8.45. The predicted molar refractivity (Wildman–Crippen MR) is 120 cm³/mol. The van der Waals surface area contributed by atoms with E-state index in [2.05, 4.69) is 20.3 Å². The van der Waals surface area contributed by atoms with Crippen LogP contribution < -0.4 is 5.32 Å². The first-order valence-corrected chi connectivity index (χ1v) is 10.6. The van der Waals surface area contributed by atoms with Crippen LogP contribution in [-0.4, -0.2) is 44.8 Å². The van der Waals surface area contributed by atoms with Gasteiger partial charge in [-0.15, -0.1) is 0 Å². The van der Waals surface area contributed by atoms with Crippen molar-refractivity contribution < 1.29 is 14.0 Å². The van der Waals surface area contributed by atoms with Crippen LogP contribution in [0.3, 0.4) is 0 Å². The molecule has 7 nitrogen and oxygen atoms in total. The van der Waals surface area contributed by atoms with Gasteiger partial charge in [-0.1, -0.05) is 6.92 Å². The number of H-pyrrole nitrogens is 1. The number of halogens is 1. The normalized spacial score (nSPS) is 18.1. The molecular formula is C24H26FN5O2. The second-order valence-electron chi connectivity index (χ2n) is 8.45. The molecule has 2 atom stereocenters. The van der Waals surface area contributed by atoms with E-state index in [4.69, 9.17) is 0 Å². The largest absolute Gasteiger partial charge is 0.350 e. The lowest BCUT2D eigenvalue weighted by Crippen LogP contribution is -2.31. The second kappa shape index (κ2) is 8.53. The highest BCUT2D eigenvalue weighted by molar-refractivity contribution is 5.96. The Morgan fingerprint density at radius 1 is 1.09 bits per heavy atom. The Bertz CT molecular complexity index is 1170. The third-order valence-corrected chi connectivity index (χ3v) is 6.07. The summed E-state index contributed by atoms with van der Waals surface area (Å²) in [7, 11) is 0. The molecule has 1 aliphatic heterocycles. The summed E-state index contributed by atoms with van der Waals surface area (Å²) in [5.74, 6) is -0.971. The maximum Gasteiger partial charge on any atom is 0.270 e. The number of hydrogen-bond acceptors (Lipinski definition) is 4. The number of amides is 2. The molecule has 0 radical (unpaired) electrons. The van der Waals surface area contributed by atoms with Gasteiger partial charge >= 0.3 is 0 Å². The van der Waals surface area contributed by atoms with Crippen molar-refractivity contribution in [2.45, 2.75) is 27.7 Å². The molecule has 1 aromatic carbocycles. The zero-order valence-corrected chi connectivity index (χ0v) is 18.6. The molecular weight excluding hydrogens is 409 g/mol. The van der Waals surface area contributed by atoms with E-state index in [-0.39, 0.29) is 29.5 Å². The molecule has 2 N–H and O–H groups in total. The summed E-state index contributed by atoms with van der Waals surface area (Å²) in [6, 6.07) is 8.09. The number of nitrogens with zero attached hydrogens (tertiary/aromatic N) is 3. The smallest absolute Gasteiger partial charge is 0.270 e. The van der Waals surface area contributed by atoms with Gasteiger partial charge in [-0.25, -0.2) is 14.4 Å². The Morgan fingerprint density at radius 2 is 1.81 bits per heavy atom. The van der Waals surface area contributed by atoms with Gasteiger partial charge in [-0.3, -0.25) is 9.59 Å². The molecule has 3 heterocycles. The Balaban J connectivity index is 1.46. The Kier molecular flexibility index (Phi) is 5.78. The number of aromatic amines is 1. The topological polar surface area (TPSA) is 91.0 Å². The van der Waals surface area contributed by atoms with E-state index in [1.807, 2.05) is 26.8 Å². The zero-order chi connectivity index (χ0) is 23.0. The van der Waals surface area contributed by atoms with E-state index in [1.54, 1.807) is 30.0 Å². The van der Waals surface area contributed by atoms with Gasteiger partial charge in [-0.2, -0.15) is 0 Å². The molecule has 1 aliphatic rings. The first-order valence-electron chi connectivity index (χ1n) is 10.6. The average molecular weight is 436 g/mol. The van der Waals surface area contributed by atoms with Gasteiger partial charge in [0.1, 0.15) is 17.8 Å². The first kappa shape index (κ1) is 21.7. The highest BCUT2D eigenvalue weighted by Gasteiger charge is 2.37. The van der Waals surface area contributed by atoms with Crippen molar-refractivity contribution in [3.8, 4) is 11.3 Å². The first-order chi connectivity index (χ1) is 15.2. The van der Waals surface area contributed by atoms with Gasteiger partial charge in [0.2, 0.25) is 5.91 Å². The number of aryl methyl sites for hydroxylation is 3. The standard InChI is InChI=1S/C24H26FN5O2/c1-13-9-17(5-6-19(13)25)28-23(31)18-11-30(10-14(18)2)24(32)21-8-7-20(29-21)22-15(3)26-12-27-16(22)4/h5-9,12,14,18,29H,10-11H2,1-4H3,(H,28,31)/t14-,18+/m0/s1. The van der Waals surface area contributed by atoms with Crippen LogP contribution in [-0.2, 0) is 4.79 Å². The van der Waals surface area contributed by atoms with Crippen molar-refractivity contribution in [2.75, 3.05) is 18.4 Å². The number of carbonyl (C=O) groups is 2. The van der Waals surface area contributed by atoms with Gasteiger partial charge in [0, 0.05) is 30.0 Å². The number of anilines is 1. The van der Waals surface area contributed by atoms with Crippen LogP contribution >= 0.6 is 0 Å². The number of benzene rings is 1. The van der Waals surface area contributed by atoms with Gasteiger partial charge in [0.15, 0.2) is 0 Å². The summed E-state index contributed by atoms with van der Waals surface area (Å²) in [5.41, 5.74) is 4.82. The summed E-state index contributed by atoms with van der Waals surface area (Å²) in [4.78, 5) is 39.3.